The van der Waals surface area contributed by atoms with E-state index in [1.54, 1.807) is 22.9 Å². The van der Waals surface area contributed by atoms with Crippen LogP contribution in [0.15, 0.2) is 29.4 Å². The lowest BCUT2D eigenvalue weighted by Gasteiger charge is -2.26. The van der Waals surface area contributed by atoms with E-state index in [1.807, 2.05) is 24.4 Å². The minimum atomic E-state index is -0.126. The van der Waals surface area contributed by atoms with E-state index in [1.165, 1.54) is 6.33 Å². The van der Waals surface area contributed by atoms with Gasteiger partial charge in [0.1, 0.15) is 6.33 Å². The molecule has 0 spiro atoms. The van der Waals surface area contributed by atoms with E-state index in [0.29, 0.717) is 5.95 Å². The van der Waals surface area contributed by atoms with Crippen LogP contribution in [0.3, 0.4) is 0 Å². The number of allylic oxidation sites excluding steroid dienone is 1. The molecule has 6 heteroatoms. The molecular formula is C12H12N4OS. The highest BCUT2D eigenvalue weighted by atomic mass is 32.1. The molecule has 5 nitrogen and oxygen atoms in total. The van der Waals surface area contributed by atoms with E-state index in [2.05, 4.69) is 15.4 Å². The summed E-state index contributed by atoms with van der Waals surface area (Å²) in [5.74, 6) is 0.732. The average Bonchev–Trinajstić information content (AvgIpc) is 2.99. The average molecular weight is 260 g/mol. The summed E-state index contributed by atoms with van der Waals surface area (Å²) in [6.45, 7) is 3.49. The Hall–Kier alpha value is -1.95. The monoisotopic (exact) mass is 260 g/mol. The first-order chi connectivity index (χ1) is 8.68. The smallest absolute Gasteiger partial charge is 0.226 e. The highest BCUT2D eigenvalue weighted by Gasteiger charge is 2.30. The standard InChI is InChI=1S/C12H12N4OS/c1-7-10(8(2)17)11(9-4-3-5-18-9)15-12-13-6-14-16(7)12/h3-6,11H,1-2H3,(H,13,14,15). The number of nitrogens with zero attached hydrogens (tertiary/aromatic N) is 3. The summed E-state index contributed by atoms with van der Waals surface area (Å²) in [5, 5.41) is 9.39. The van der Waals surface area contributed by atoms with Crippen molar-refractivity contribution in [2.24, 2.45) is 0 Å². The number of nitrogens with one attached hydrogen (secondary N) is 1. The van der Waals surface area contributed by atoms with Crippen LogP contribution in [-0.2, 0) is 4.79 Å². The quantitative estimate of drug-likeness (QED) is 0.900. The maximum atomic E-state index is 11.9. The van der Waals surface area contributed by atoms with Crippen LogP contribution < -0.4 is 5.32 Å². The van der Waals surface area contributed by atoms with Crippen molar-refractivity contribution in [3.05, 3.63) is 34.3 Å². The first kappa shape index (κ1) is 11.2. The van der Waals surface area contributed by atoms with Crippen molar-refractivity contribution in [3.63, 3.8) is 0 Å². The van der Waals surface area contributed by atoms with Crippen molar-refractivity contribution >= 4 is 28.8 Å². The van der Waals surface area contributed by atoms with Gasteiger partial charge in [0.25, 0.3) is 0 Å². The van der Waals surface area contributed by atoms with E-state index in [0.717, 1.165) is 16.1 Å². The fraction of sp³-hybridized carbons (Fsp3) is 0.250. The zero-order valence-corrected chi connectivity index (χ0v) is 10.9. The lowest BCUT2D eigenvalue weighted by atomic mass is 9.98. The lowest BCUT2D eigenvalue weighted by molar-refractivity contribution is -0.113. The molecule has 0 aromatic carbocycles. The highest BCUT2D eigenvalue weighted by molar-refractivity contribution is 7.10. The lowest BCUT2D eigenvalue weighted by Crippen LogP contribution is -2.26. The van der Waals surface area contributed by atoms with Crippen molar-refractivity contribution in [3.8, 4) is 0 Å². The maximum absolute atomic E-state index is 11.9. The molecule has 3 heterocycles. The summed E-state index contributed by atoms with van der Waals surface area (Å²) in [5.41, 5.74) is 1.59. The van der Waals surface area contributed by atoms with Crippen LogP contribution in [0.1, 0.15) is 24.8 Å². The van der Waals surface area contributed by atoms with Gasteiger partial charge in [-0.1, -0.05) is 6.07 Å². The van der Waals surface area contributed by atoms with Crippen LogP contribution in [0, 0.1) is 0 Å². The minimum absolute atomic E-state index is 0.0551. The molecule has 0 radical (unpaired) electrons. The number of carbonyl (C=O) groups is 1. The van der Waals surface area contributed by atoms with Gasteiger partial charge in [0.2, 0.25) is 5.95 Å². The number of aromatic nitrogens is 3. The number of hydrogen-bond acceptors (Lipinski definition) is 5. The van der Waals surface area contributed by atoms with Crippen LogP contribution in [0.5, 0.6) is 0 Å². The number of ketones is 1. The molecule has 18 heavy (non-hydrogen) atoms. The predicted molar refractivity (Wildman–Crippen MR) is 70.3 cm³/mol. The predicted octanol–water partition coefficient (Wildman–Crippen LogP) is 2.33. The van der Waals surface area contributed by atoms with Gasteiger partial charge in [-0.05, 0) is 25.3 Å². The molecule has 2 aromatic heterocycles. The molecule has 1 aliphatic heterocycles. The number of anilines is 1. The summed E-state index contributed by atoms with van der Waals surface area (Å²) < 4.78 is 1.67. The Bertz CT molecular complexity index is 626. The molecule has 1 aliphatic rings. The Morgan fingerprint density at radius 2 is 2.39 bits per heavy atom. The van der Waals surface area contributed by atoms with Gasteiger partial charge in [-0.3, -0.25) is 4.79 Å². The fourth-order valence-electron chi connectivity index (χ4n) is 2.24. The Labute approximate surface area is 108 Å². The van der Waals surface area contributed by atoms with E-state index in [9.17, 15) is 4.79 Å². The number of fused-ring (bicyclic) bond motifs is 1. The molecule has 0 amide bonds. The van der Waals surface area contributed by atoms with E-state index < -0.39 is 0 Å². The summed E-state index contributed by atoms with van der Waals surface area (Å²) in [7, 11) is 0. The number of Topliss-reactive ketones (excluding diaryl/α,β-unsaturated/α-hetero) is 1. The summed E-state index contributed by atoms with van der Waals surface area (Å²) in [6.07, 6.45) is 1.49. The van der Waals surface area contributed by atoms with Gasteiger partial charge in [-0.15, -0.1) is 11.3 Å². The van der Waals surface area contributed by atoms with Crippen LogP contribution in [0.25, 0.3) is 5.70 Å². The molecule has 0 saturated carbocycles. The molecule has 1 atom stereocenters. The Morgan fingerprint density at radius 1 is 1.56 bits per heavy atom. The highest BCUT2D eigenvalue weighted by Crippen LogP contribution is 2.36. The zero-order valence-electron chi connectivity index (χ0n) is 10.0. The first-order valence-corrected chi connectivity index (χ1v) is 6.48. The van der Waals surface area contributed by atoms with Crippen LogP contribution in [0.2, 0.25) is 0 Å². The number of carbonyl (C=O) groups excluding carboxylic acids is 1. The molecule has 0 fully saturated rings. The third kappa shape index (κ3) is 1.57. The number of hydrogen-bond donors (Lipinski definition) is 1. The summed E-state index contributed by atoms with van der Waals surface area (Å²) >= 11 is 1.62. The van der Waals surface area contributed by atoms with Crippen LogP contribution >= 0.6 is 11.3 Å². The second-order valence-electron chi connectivity index (χ2n) is 4.14. The van der Waals surface area contributed by atoms with Gasteiger partial charge in [0, 0.05) is 10.5 Å². The van der Waals surface area contributed by atoms with E-state index in [4.69, 9.17) is 0 Å². The first-order valence-electron chi connectivity index (χ1n) is 5.60. The Kier molecular flexibility index (Phi) is 2.52. The number of thiophene rings is 1. The van der Waals surface area contributed by atoms with Crippen molar-refractivity contribution in [1.29, 1.82) is 0 Å². The largest absolute Gasteiger partial charge is 0.342 e. The second kappa shape index (κ2) is 4.06. The molecule has 0 bridgehead atoms. The van der Waals surface area contributed by atoms with Gasteiger partial charge in [-0.25, -0.2) is 4.68 Å². The zero-order chi connectivity index (χ0) is 12.7. The fourth-order valence-corrected chi connectivity index (χ4v) is 3.02. The van der Waals surface area contributed by atoms with Gasteiger partial charge in [0.05, 0.1) is 11.7 Å². The molecule has 0 saturated heterocycles. The summed E-state index contributed by atoms with van der Waals surface area (Å²) in [4.78, 5) is 17.2. The third-order valence-corrected chi connectivity index (χ3v) is 3.96. The van der Waals surface area contributed by atoms with Crippen LogP contribution in [0.4, 0.5) is 5.95 Å². The topological polar surface area (TPSA) is 59.8 Å². The van der Waals surface area contributed by atoms with Crippen molar-refractivity contribution in [1.82, 2.24) is 14.8 Å². The van der Waals surface area contributed by atoms with Crippen molar-refractivity contribution < 1.29 is 4.79 Å². The summed E-state index contributed by atoms with van der Waals surface area (Å²) in [6, 6.07) is 3.87. The number of rotatable bonds is 2. The Morgan fingerprint density at radius 3 is 3.06 bits per heavy atom. The van der Waals surface area contributed by atoms with E-state index in [-0.39, 0.29) is 11.8 Å². The van der Waals surface area contributed by atoms with Gasteiger partial charge in [0.15, 0.2) is 5.78 Å². The molecule has 0 aliphatic carbocycles. The molecule has 2 aromatic rings. The van der Waals surface area contributed by atoms with Crippen LogP contribution in [-0.4, -0.2) is 20.5 Å². The molecule has 3 rings (SSSR count). The SMILES string of the molecule is CC(=O)C1=C(C)n2ncnc2NC1c1cccs1. The van der Waals surface area contributed by atoms with Gasteiger partial charge < -0.3 is 5.32 Å². The maximum Gasteiger partial charge on any atom is 0.226 e. The van der Waals surface area contributed by atoms with E-state index >= 15 is 0 Å². The molecular weight excluding hydrogens is 248 g/mol. The Balaban J connectivity index is 2.17. The molecule has 92 valence electrons. The molecule has 1 unspecified atom stereocenters. The van der Waals surface area contributed by atoms with Crippen molar-refractivity contribution in [2.75, 3.05) is 5.32 Å². The van der Waals surface area contributed by atoms with Gasteiger partial charge in [-0.2, -0.15) is 10.1 Å². The second-order valence-corrected chi connectivity index (χ2v) is 5.12. The minimum Gasteiger partial charge on any atom is -0.342 e. The van der Waals surface area contributed by atoms with Crippen molar-refractivity contribution in [2.45, 2.75) is 19.9 Å². The molecule has 1 N–H and O–H groups in total. The van der Waals surface area contributed by atoms with Gasteiger partial charge >= 0.3 is 0 Å². The normalized spacial score (nSPS) is 18.4. The third-order valence-electron chi connectivity index (χ3n) is 3.02.